The number of rotatable bonds is 2. The highest BCUT2D eigenvalue weighted by Crippen LogP contribution is 2.58. The van der Waals surface area contributed by atoms with Crippen molar-refractivity contribution in [3.8, 4) is 0 Å². The van der Waals surface area contributed by atoms with Crippen molar-refractivity contribution in [1.82, 2.24) is 14.9 Å². The Bertz CT molecular complexity index is 725. The van der Waals surface area contributed by atoms with Gasteiger partial charge in [-0.25, -0.2) is 0 Å². The van der Waals surface area contributed by atoms with Crippen molar-refractivity contribution in [1.29, 1.82) is 0 Å². The second-order valence-electron chi connectivity index (χ2n) is 6.22. The smallest absolute Gasteiger partial charge is 0.265 e. The van der Waals surface area contributed by atoms with Gasteiger partial charge in [0.1, 0.15) is 5.69 Å². The molecular weight excluding hydrogens is 272 g/mol. The van der Waals surface area contributed by atoms with E-state index >= 15 is 0 Å². The Hall–Kier alpha value is -1.56. The van der Waals surface area contributed by atoms with E-state index in [4.69, 9.17) is 12.2 Å². The van der Waals surface area contributed by atoms with Crippen LogP contribution in [0.4, 0.5) is 0 Å². The Morgan fingerprint density at radius 3 is 3.00 bits per heavy atom. The van der Waals surface area contributed by atoms with Gasteiger partial charge in [0.15, 0.2) is 0 Å². The average molecular weight is 290 g/mol. The van der Waals surface area contributed by atoms with E-state index in [9.17, 15) is 4.79 Å². The van der Waals surface area contributed by atoms with Gasteiger partial charge in [-0.05, 0) is 54.8 Å². The maximum absolute atomic E-state index is 12.0. The van der Waals surface area contributed by atoms with Crippen molar-refractivity contribution >= 4 is 18.4 Å². The largest absolute Gasteiger partial charge is 0.296 e. The van der Waals surface area contributed by atoms with Crippen molar-refractivity contribution in [2.24, 2.45) is 22.4 Å². The minimum absolute atomic E-state index is 0.221. The molecular formula is C14H18N4OS. The minimum Gasteiger partial charge on any atom is -0.265 e. The molecule has 6 heteroatoms. The molecule has 106 valence electrons. The van der Waals surface area contributed by atoms with Crippen molar-refractivity contribution in [3.05, 3.63) is 32.5 Å². The van der Waals surface area contributed by atoms with Gasteiger partial charge in [0.2, 0.25) is 4.77 Å². The van der Waals surface area contributed by atoms with Crippen LogP contribution in [0.1, 0.15) is 32.4 Å². The van der Waals surface area contributed by atoms with Crippen molar-refractivity contribution in [3.63, 3.8) is 0 Å². The lowest BCUT2D eigenvalue weighted by molar-refractivity contribution is -0.00127. The molecule has 0 amide bonds. The molecule has 0 aliphatic heterocycles. The van der Waals surface area contributed by atoms with Crippen LogP contribution < -0.4 is 5.56 Å². The normalized spacial score (nSPS) is 27.2. The van der Waals surface area contributed by atoms with Crippen LogP contribution >= 0.6 is 12.2 Å². The van der Waals surface area contributed by atoms with Crippen molar-refractivity contribution in [2.45, 2.75) is 33.6 Å². The average Bonchev–Trinajstić information content (AvgIpc) is 2.43. The van der Waals surface area contributed by atoms with Crippen LogP contribution in [0, 0.1) is 28.9 Å². The number of allylic oxidation sites excluding steroid dienone is 2. The van der Waals surface area contributed by atoms with Crippen LogP contribution in [0.25, 0.3) is 0 Å². The fourth-order valence-electron chi connectivity index (χ4n) is 3.25. The molecule has 2 atom stereocenters. The lowest BCUT2D eigenvalue weighted by Crippen LogP contribution is -2.48. The number of aromatic amines is 1. The third kappa shape index (κ3) is 1.90. The molecule has 4 rings (SSSR count). The van der Waals surface area contributed by atoms with Crippen LogP contribution in [-0.2, 0) is 0 Å². The summed E-state index contributed by atoms with van der Waals surface area (Å²) in [4.78, 5) is 12.0. The van der Waals surface area contributed by atoms with E-state index in [2.05, 4.69) is 35.2 Å². The second-order valence-corrected chi connectivity index (χ2v) is 6.61. The Balaban J connectivity index is 1.93. The molecule has 1 saturated carbocycles. The van der Waals surface area contributed by atoms with Crippen LogP contribution in [0.2, 0.25) is 0 Å². The number of aromatic nitrogens is 3. The summed E-state index contributed by atoms with van der Waals surface area (Å²) in [5, 5.41) is 10.7. The number of hydrogen-bond donors (Lipinski definition) is 1. The number of H-pyrrole nitrogens is 1. The zero-order chi connectivity index (χ0) is 14.5. The van der Waals surface area contributed by atoms with Gasteiger partial charge >= 0.3 is 0 Å². The first-order valence-electron chi connectivity index (χ1n) is 6.84. The third-order valence-corrected chi connectivity index (χ3v) is 5.11. The maximum Gasteiger partial charge on any atom is 0.296 e. The summed E-state index contributed by atoms with van der Waals surface area (Å²) < 4.78 is 1.43. The minimum atomic E-state index is -0.271. The fourth-order valence-corrected chi connectivity index (χ4v) is 3.42. The Morgan fingerprint density at radius 2 is 2.35 bits per heavy atom. The van der Waals surface area contributed by atoms with E-state index in [1.807, 2.05) is 0 Å². The summed E-state index contributed by atoms with van der Waals surface area (Å²) in [7, 11) is 0. The van der Waals surface area contributed by atoms with E-state index in [1.165, 1.54) is 16.7 Å². The predicted molar refractivity (Wildman–Crippen MR) is 80.4 cm³/mol. The lowest BCUT2D eigenvalue weighted by Gasteiger charge is -2.55. The van der Waals surface area contributed by atoms with Gasteiger partial charge in [-0.15, -0.1) is 0 Å². The zero-order valence-electron chi connectivity index (χ0n) is 11.9. The lowest BCUT2D eigenvalue weighted by atomic mass is 9.49. The molecule has 5 nitrogen and oxygen atoms in total. The molecule has 20 heavy (non-hydrogen) atoms. The SMILES string of the molecule is Cc1n[nH]c(=S)n(N=CC2=CC[C@H]3C[C@H]2C3(C)C)c1=O. The molecule has 1 aromatic heterocycles. The summed E-state index contributed by atoms with van der Waals surface area (Å²) >= 11 is 5.06. The molecule has 3 aliphatic rings. The number of hydrogen-bond acceptors (Lipinski definition) is 4. The summed E-state index contributed by atoms with van der Waals surface area (Å²) in [6.45, 7) is 6.25. The van der Waals surface area contributed by atoms with Gasteiger partial charge in [0.25, 0.3) is 5.56 Å². The van der Waals surface area contributed by atoms with E-state index in [0.717, 1.165) is 12.3 Å². The Kier molecular flexibility index (Phi) is 3.01. The molecule has 1 fully saturated rings. The van der Waals surface area contributed by atoms with Crippen LogP contribution in [0.3, 0.4) is 0 Å². The third-order valence-electron chi connectivity index (χ3n) is 4.85. The predicted octanol–water partition coefficient (Wildman–Crippen LogP) is 2.44. The zero-order valence-corrected chi connectivity index (χ0v) is 12.7. The summed E-state index contributed by atoms with van der Waals surface area (Å²) in [5.41, 5.74) is 1.65. The molecule has 0 unspecified atom stereocenters. The monoisotopic (exact) mass is 290 g/mol. The molecule has 2 bridgehead atoms. The summed E-state index contributed by atoms with van der Waals surface area (Å²) in [6.07, 6.45) is 6.34. The van der Waals surface area contributed by atoms with Crippen LogP contribution in [0.5, 0.6) is 0 Å². The first-order valence-corrected chi connectivity index (χ1v) is 7.25. The van der Waals surface area contributed by atoms with E-state index in [1.54, 1.807) is 13.1 Å². The highest BCUT2D eigenvalue weighted by atomic mass is 32.1. The molecule has 0 spiro atoms. The summed E-state index contributed by atoms with van der Waals surface area (Å²) in [6, 6.07) is 0. The second kappa shape index (κ2) is 4.48. The molecule has 1 aromatic rings. The van der Waals surface area contributed by atoms with Gasteiger partial charge in [-0.1, -0.05) is 19.9 Å². The van der Waals surface area contributed by atoms with Crippen LogP contribution in [0.15, 0.2) is 21.5 Å². The fraction of sp³-hybridized carbons (Fsp3) is 0.571. The summed E-state index contributed by atoms with van der Waals surface area (Å²) in [5.74, 6) is 1.33. The highest BCUT2D eigenvalue weighted by molar-refractivity contribution is 7.71. The molecule has 1 heterocycles. The van der Waals surface area contributed by atoms with Gasteiger partial charge in [-0.2, -0.15) is 14.9 Å². The van der Waals surface area contributed by atoms with Gasteiger partial charge < -0.3 is 0 Å². The molecule has 1 N–H and O–H groups in total. The van der Waals surface area contributed by atoms with Gasteiger partial charge in [0, 0.05) is 0 Å². The van der Waals surface area contributed by atoms with Crippen molar-refractivity contribution < 1.29 is 0 Å². The van der Waals surface area contributed by atoms with Gasteiger partial charge in [0.05, 0.1) is 6.21 Å². The standard InChI is InChI=1S/C14H18N4OS/c1-8-12(19)18(13(20)17-16-8)15-7-9-4-5-10-6-11(9)14(10,2)3/h4,7,10-11H,5-6H2,1-3H3,(H,17,20)/t10-,11+/m0/s1. The van der Waals surface area contributed by atoms with E-state index < -0.39 is 0 Å². The van der Waals surface area contributed by atoms with E-state index in [-0.39, 0.29) is 10.3 Å². The van der Waals surface area contributed by atoms with E-state index in [0.29, 0.717) is 17.0 Å². The highest BCUT2D eigenvalue weighted by Gasteiger charge is 2.50. The number of nitrogens with zero attached hydrogens (tertiary/aromatic N) is 3. The first kappa shape index (κ1) is 13.4. The Labute approximate surface area is 122 Å². The van der Waals surface area contributed by atoms with Gasteiger partial charge in [-0.3, -0.25) is 9.89 Å². The van der Waals surface area contributed by atoms with Crippen LogP contribution in [-0.4, -0.2) is 21.1 Å². The maximum atomic E-state index is 12.0. The quantitative estimate of drug-likeness (QED) is 0.672. The first-order chi connectivity index (χ1) is 9.41. The molecule has 0 radical (unpaired) electrons. The number of fused-ring (bicyclic) bond motifs is 1. The molecule has 0 saturated heterocycles. The number of nitrogens with one attached hydrogen (secondary N) is 1. The molecule has 3 aliphatic carbocycles. The molecule has 0 aromatic carbocycles. The topological polar surface area (TPSA) is 63.0 Å². The Morgan fingerprint density at radius 1 is 1.60 bits per heavy atom. The number of aryl methyl sites for hydroxylation is 1. The van der Waals surface area contributed by atoms with Crippen molar-refractivity contribution in [2.75, 3.05) is 0 Å².